The number of nitrogens with one attached hydrogen (secondary N) is 1. The Morgan fingerprint density at radius 1 is 1.24 bits per heavy atom. The van der Waals surface area contributed by atoms with Gasteiger partial charge in [0.05, 0.1) is 18.0 Å². The first kappa shape index (κ1) is 29.6. The molecular formula is C26H39N9O5S. The average Bonchev–Trinajstić information content (AvgIpc) is 3.68. The van der Waals surface area contributed by atoms with Gasteiger partial charge in [-0.05, 0) is 42.3 Å². The molecule has 3 fully saturated rings. The number of rotatable bonds is 12. The molecule has 15 heteroatoms. The van der Waals surface area contributed by atoms with E-state index in [-0.39, 0.29) is 65.4 Å². The van der Waals surface area contributed by atoms with Crippen molar-refractivity contribution in [1.82, 2.24) is 40.2 Å². The molecule has 6 atom stereocenters. The monoisotopic (exact) mass is 589 g/mol. The highest BCUT2D eigenvalue weighted by molar-refractivity contribution is 8.03. The van der Waals surface area contributed by atoms with Gasteiger partial charge in [0, 0.05) is 55.2 Å². The van der Waals surface area contributed by atoms with Crippen LogP contribution in [0.5, 0.6) is 0 Å². The SMILES string of the molecule is C[C@@H](CC(=O)Cn1cnnn1)[C@H]1C(=O)N2C(C(=O)O)=C(S[C@@H]3CN[C@H](C(=O)N4CCN(CCCN)CC4)C3)[C@H](C)[C@H]12. The maximum atomic E-state index is 13.2. The molecule has 4 aliphatic heterocycles. The number of ketones is 1. The Labute approximate surface area is 243 Å². The lowest BCUT2D eigenvalue weighted by Gasteiger charge is -2.47. The van der Waals surface area contributed by atoms with Crippen molar-refractivity contribution < 1.29 is 24.3 Å². The largest absolute Gasteiger partial charge is 0.477 e. The van der Waals surface area contributed by atoms with Gasteiger partial charge in [-0.25, -0.2) is 9.48 Å². The smallest absolute Gasteiger partial charge is 0.353 e. The van der Waals surface area contributed by atoms with E-state index in [0.717, 1.165) is 26.1 Å². The molecule has 0 bridgehead atoms. The van der Waals surface area contributed by atoms with E-state index in [2.05, 4.69) is 25.7 Å². The number of hydrogen-bond donors (Lipinski definition) is 3. The number of carboxylic acid groups (broad SMARTS) is 1. The summed E-state index contributed by atoms with van der Waals surface area (Å²) in [6.07, 6.45) is 3.10. The number of piperazine rings is 1. The number of aromatic nitrogens is 4. The molecular weight excluding hydrogens is 550 g/mol. The Morgan fingerprint density at radius 3 is 2.66 bits per heavy atom. The van der Waals surface area contributed by atoms with E-state index < -0.39 is 11.9 Å². The lowest BCUT2D eigenvalue weighted by atomic mass is 9.73. The summed E-state index contributed by atoms with van der Waals surface area (Å²) < 4.78 is 1.35. The number of carboxylic acids is 1. The predicted octanol–water partition coefficient (Wildman–Crippen LogP) is -1.00. The predicted molar refractivity (Wildman–Crippen MR) is 149 cm³/mol. The van der Waals surface area contributed by atoms with Crippen molar-refractivity contribution in [2.75, 3.05) is 45.8 Å². The number of β-lactam (4-membered cyclic amide) rings is 1. The summed E-state index contributed by atoms with van der Waals surface area (Å²) in [5.41, 5.74) is 5.66. The first-order chi connectivity index (χ1) is 19.7. The van der Waals surface area contributed by atoms with Crippen molar-refractivity contribution in [2.45, 2.75) is 57.0 Å². The van der Waals surface area contributed by atoms with Gasteiger partial charge in [0.25, 0.3) is 0 Å². The number of fused-ring (bicyclic) bond motifs is 1. The molecule has 0 aromatic carbocycles. The van der Waals surface area contributed by atoms with Gasteiger partial charge in [-0.15, -0.1) is 16.9 Å². The normalized spacial score (nSPS) is 29.0. The Morgan fingerprint density at radius 2 is 2.00 bits per heavy atom. The van der Waals surface area contributed by atoms with Gasteiger partial charge in [-0.1, -0.05) is 13.8 Å². The third-order valence-electron chi connectivity index (χ3n) is 8.73. The second-order valence-electron chi connectivity index (χ2n) is 11.5. The number of amides is 2. The molecule has 41 heavy (non-hydrogen) atoms. The highest BCUT2D eigenvalue weighted by Gasteiger charge is 2.60. The highest BCUT2D eigenvalue weighted by atomic mass is 32.2. The first-order valence-corrected chi connectivity index (χ1v) is 15.2. The fraction of sp³-hybridized carbons (Fsp3) is 0.731. The summed E-state index contributed by atoms with van der Waals surface area (Å²) in [5, 5.41) is 24.2. The lowest BCUT2D eigenvalue weighted by molar-refractivity contribution is -0.160. The second kappa shape index (κ2) is 12.5. The lowest BCUT2D eigenvalue weighted by Crippen LogP contribution is -2.62. The van der Waals surface area contributed by atoms with Crippen molar-refractivity contribution in [1.29, 1.82) is 0 Å². The van der Waals surface area contributed by atoms with Gasteiger partial charge < -0.3 is 26.0 Å². The van der Waals surface area contributed by atoms with E-state index in [1.165, 1.54) is 27.7 Å². The number of aliphatic carboxylic acids is 1. The van der Waals surface area contributed by atoms with E-state index in [1.54, 1.807) is 0 Å². The minimum absolute atomic E-state index is 0.0177. The molecule has 0 spiro atoms. The quantitative estimate of drug-likeness (QED) is 0.254. The molecule has 5 rings (SSSR count). The molecule has 4 N–H and O–H groups in total. The number of Topliss-reactive ketones (excluding diaryl/α,β-unsaturated/α-hetero) is 1. The van der Waals surface area contributed by atoms with Gasteiger partial charge in [0.1, 0.15) is 18.6 Å². The van der Waals surface area contributed by atoms with Crippen molar-refractivity contribution in [3.8, 4) is 0 Å². The summed E-state index contributed by atoms with van der Waals surface area (Å²) in [6, 6.07) is -0.597. The number of thioether (sulfide) groups is 1. The van der Waals surface area contributed by atoms with Crippen molar-refractivity contribution >= 4 is 35.3 Å². The molecule has 0 aliphatic carbocycles. The third kappa shape index (κ3) is 6.03. The maximum absolute atomic E-state index is 13.2. The summed E-state index contributed by atoms with van der Waals surface area (Å²) in [7, 11) is 0. The fourth-order valence-electron chi connectivity index (χ4n) is 6.64. The number of carbonyl (C=O) groups is 4. The van der Waals surface area contributed by atoms with Gasteiger partial charge in [-0.3, -0.25) is 19.3 Å². The van der Waals surface area contributed by atoms with E-state index in [4.69, 9.17) is 5.73 Å². The van der Waals surface area contributed by atoms with Crippen LogP contribution in [-0.2, 0) is 25.7 Å². The number of carbonyl (C=O) groups excluding carboxylic acids is 3. The van der Waals surface area contributed by atoms with Gasteiger partial charge >= 0.3 is 5.97 Å². The molecule has 5 heterocycles. The zero-order valence-electron chi connectivity index (χ0n) is 23.5. The summed E-state index contributed by atoms with van der Waals surface area (Å²) >= 11 is 1.48. The van der Waals surface area contributed by atoms with Crippen LogP contribution in [0.2, 0.25) is 0 Å². The number of tetrazole rings is 1. The average molecular weight is 590 g/mol. The topological polar surface area (TPSA) is 180 Å². The molecule has 0 saturated carbocycles. The highest BCUT2D eigenvalue weighted by Crippen LogP contribution is 2.53. The van der Waals surface area contributed by atoms with Crippen LogP contribution in [0, 0.1) is 17.8 Å². The van der Waals surface area contributed by atoms with Crippen LogP contribution in [0.3, 0.4) is 0 Å². The van der Waals surface area contributed by atoms with Gasteiger partial charge in [0.15, 0.2) is 5.78 Å². The molecule has 4 aliphatic rings. The second-order valence-corrected chi connectivity index (χ2v) is 12.8. The molecule has 3 saturated heterocycles. The van der Waals surface area contributed by atoms with Gasteiger partial charge in [-0.2, -0.15) is 0 Å². The van der Waals surface area contributed by atoms with Crippen molar-refractivity contribution in [2.24, 2.45) is 23.5 Å². The number of nitrogens with zero attached hydrogens (tertiary/aromatic N) is 7. The summed E-state index contributed by atoms with van der Waals surface area (Å²) in [6.45, 7) is 9.14. The molecule has 0 unspecified atom stereocenters. The summed E-state index contributed by atoms with van der Waals surface area (Å²) in [4.78, 5) is 57.7. The Bertz CT molecular complexity index is 1190. The molecule has 2 amide bonds. The number of nitrogens with two attached hydrogens (primary N) is 1. The maximum Gasteiger partial charge on any atom is 0.353 e. The summed E-state index contributed by atoms with van der Waals surface area (Å²) in [5.74, 6) is -2.23. The first-order valence-electron chi connectivity index (χ1n) is 14.3. The van der Waals surface area contributed by atoms with Crippen LogP contribution in [0.4, 0.5) is 0 Å². The van der Waals surface area contributed by atoms with Gasteiger partial charge in [0.2, 0.25) is 11.8 Å². The van der Waals surface area contributed by atoms with Crippen molar-refractivity contribution in [3.05, 3.63) is 16.9 Å². The van der Waals surface area contributed by atoms with Crippen LogP contribution in [0.25, 0.3) is 0 Å². The molecule has 14 nitrogen and oxygen atoms in total. The molecule has 1 aromatic rings. The van der Waals surface area contributed by atoms with Crippen LogP contribution in [0.15, 0.2) is 16.9 Å². The molecule has 1 aromatic heterocycles. The van der Waals surface area contributed by atoms with E-state index in [9.17, 15) is 24.3 Å². The minimum atomic E-state index is -1.12. The Kier molecular flexibility index (Phi) is 9.06. The van der Waals surface area contributed by atoms with E-state index >= 15 is 0 Å². The van der Waals surface area contributed by atoms with Crippen LogP contribution in [-0.4, -0.2) is 127 Å². The minimum Gasteiger partial charge on any atom is -0.477 e. The van der Waals surface area contributed by atoms with Crippen LogP contribution in [0.1, 0.15) is 33.1 Å². The zero-order valence-corrected chi connectivity index (χ0v) is 24.3. The standard InChI is InChI=1S/C26H39N9O5S/c1-15(10-17(36)13-34-14-29-30-31-34)20-21-16(2)23(22(26(39)40)35(21)25(20)38)41-18-11-19(28-12-18)24(37)33-8-6-32(7-9-33)5-3-4-27/h14-16,18-21,28H,3-13,27H2,1-2H3,(H,39,40)/t15-,16+,18-,19-,20+,21+/m0/s1. The van der Waals surface area contributed by atoms with Crippen LogP contribution >= 0.6 is 11.8 Å². The van der Waals surface area contributed by atoms with Crippen LogP contribution < -0.4 is 11.1 Å². The number of hydrogen-bond acceptors (Lipinski definition) is 11. The third-order valence-corrected chi connectivity index (χ3v) is 10.2. The zero-order chi connectivity index (χ0) is 29.3. The fourth-order valence-corrected chi connectivity index (χ4v) is 8.12. The van der Waals surface area contributed by atoms with E-state index in [0.29, 0.717) is 37.5 Å². The van der Waals surface area contributed by atoms with E-state index in [1.807, 2.05) is 18.7 Å². The molecule has 224 valence electrons. The Balaban J connectivity index is 1.18. The Hall–Kier alpha value is -2.88. The van der Waals surface area contributed by atoms with Crippen molar-refractivity contribution in [3.63, 3.8) is 0 Å². The molecule has 0 radical (unpaired) electrons.